The summed E-state index contributed by atoms with van der Waals surface area (Å²) in [6.45, 7) is 6.50. The summed E-state index contributed by atoms with van der Waals surface area (Å²) in [6.07, 6.45) is 63.4. The number of carbonyl (C=O) groups excluding carboxylic acids is 3. The Labute approximate surface area is 390 Å². The van der Waals surface area contributed by atoms with E-state index in [9.17, 15) is 14.4 Å². The third-order valence-corrected chi connectivity index (χ3v) is 11.5. The molecule has 0 aromatic rings. The fourth-order valence-electron chi connectivity index (χ4n) is 7.49. The van der Waals surface area contributed by atoms with Gasteiger partial charge in [0, 0.05) is 19.3 Å². The van der Waals surface area contributed by atoms with Crippen LogP contribution in [0.1, 0.15) is 265 Å². The summed E-state index contributed by atoms with van der Waals surface area (Å²) in [5.74, 6) is -0.896. The standard InChI is InChI=1S/C57H100O6/c1-4-7-10-13-16-19-22-25-27-28-29-30-31-33-35-38-41-44-47-50-56(59)62-53-54(52-61-55(58)49-46-43-40-37-34-24-21-18-15-12-9-6-3)63-57(60)51-48-45-42-39-36-32-26-23-20-17-14-11-8-5-2/h7,10,16,18-19,21,25,27,29-30,54H,4-6,8-9,11-15,17,20,22-24,26,28,31-53H2,1-3H3/b10-7-,19-16-,21-18-,27-25-,30-29-. The Bertz CT molecular complexity index is 1150. The second-order valence-electron chi connectivity index (χ2n) is 17.8. The molecule has 0 aromatic heterocycles. The van der Waals surface area contributed by atoms with Crippen LogP contribution in [0.2, 0.25) is 0 Å². The van der Waals surface area contributed by atoms with Crippen LogP contribution in [0.3, 0.4) is 0 Å². The Hall–Kier alpha value is -2.89. The highest BCUT2D eigenvalue weighted by atomic mass is 16.6. The Morgan fingerprint density at radius 1 is 0.333 bits per heavy atom. The van der Waals surface area contributed by atoms with Gasteiger partial charge in [-0.15, -0.1) is 0 Å². The molecule has 6 nitrogen and oxygen atoms in total. The van der Waals surface area contributed by atoms with E-state index in [2.05, 4.69) is 81.5 Å². The molecule has 0 aliphatic heterocycles. The molecule has 0 fully saturated rings. The van der Waals surface area contributed by atoms with Crippen molar-refractivity contribution in [2.45, 2.75) is 271 Å². The molecule has 63 heavy (non-hydrogen) atoms. The molecule has 0 rings (SSSR count). The van der Waals surface area contributed by atoms with Crippen LogP contribution < -0.4 is 0 Å². The summed E-state index contributed by atoms with van der Waals surface area (Å²) < 4.78 is 16.8. The molecular weight excluding hydrogens is 781 g/mol. The summed E-state index contributed by atoms with van der Waals surface area (Å²) in [5.41, 5.74) is 0. The first kappa shape index (κ1) is 60.1. The maximum atomic E-state index is 12.8. The van der Waals surface area contributed by atoms with Crippen LogP contribution >= 0.6 is 0 Å². The summed E-state index contributed by atoms with van der Waals surface area (Å²) >= 11 is 0. The average molecular weight is 881 g/mol. The van der Waals surface area contributed by atoms with Crippen LogP contribution in [0.5, 0.6) is 0 Å². The van der Waals surface area contributed by atoms with Crippen molar-refractivity contribution < 1.29 is 28.6 Å². The van der Waals surface area contributed by atoms with Gasteiger partial charge in [0.25, 0.3) is 0 Å². The minimum atomic E-state index is -0.780. The first-order chi connectivity index (χ1) is 31.0. The quantitative estimate of drug-likeness (QED) is 0.0262. The number of ether oxygens (including phenoxy) is 3. The lowest BCUT2D eigenvalue weighted by atomic mass is 10.0. The molecule has 0 aliphatic carbocycles. The lowest BCUT2D eigenvalue weighted by Gasteiger charge is -2.18. The second-order valence-corrected chi connectivity index (χ2v) is 17.8. The van der Waals surface area contributed by atoms with Gasteiger partial charge in [-0.05, 0) is 83.5 Å². The van der Waals surface area contributed by atoms with Crippen LogP contribution in [0.4, 0.5) is 0 Å². The molecule has 0 bridgehead atoms. The number of rotatable bonds is 48. The molecule has 1 atom stereocenters. The van der Waals surface area contributed by atoms with E-state index in [1.165, 1.54) is 128 Å². The van der Waals surface area contributed by atoms with E-state index in [1.54, 1.807) is 0 Å². The highest BCUT2D eigenvalue weighted by Crippen LogP contribution is 2.15. The molecule has 0 heterocycles. The van der Waals surface area contributed by atoms with E-state index >= 15 is 0 Å². The van der Waals surface area contributed by atoms with Gasteiger partial charge in [0.05, 0.1) is 0 Å². The zero-order valence-corrected chi connectivity index (χ0v) is 41.6. The Kier molecular flexibility index (Phi) is 49.4. The summed E-state index contributed by atoms with van der Waals surface area (Å²) in [6, 6.07) is 0. The van der Waals surface area contributed by atoms with Crippen molar-refractivity contribution in [3.63, 3.8) is 0 Å². The molecular formula is C57H100O6. The lowest BCUT2D eigenvalue weighted by molar-refractivity contribution is -0.167. The first-order valence-electron chi connectivity index (χ1n) is 26.8. The molecule has 364 valence electrons. The van der Waals surface area contributed by atoms with Crippen molar-refractivity contribution in [3.8, 4) is 0 Å². The number of allylic oxidation sites excluding steroid dienone is 10. The van der Waals surface area contributed by atoms with Crippen molar-refractivity contribution >= 4 is 17.9 Å². The van der Waals surface area contributed by atoms with E-state index in [0.717, 1.165) is 96.3 Å². The first-order valence-corrected chi connectivity index (χ1v) is 26.8. The fourth-order valence-corrected chi connectivity index (χ4v) is 7.49. The third-order valence-electron chi connectivity index (χ3n) is 11.5. The highest BCUT2D eigenvalue weighted by Gasteiger charge is 2.19. The number of hydrogen-bond acceptors (Lipinski definition) is 6. The minimum Gasteiger partial charge on any atom is -0.462 e. The summed E-state index contributed by atoms with van der Waals surface area (Å²) in [4.78, 5) is 38.0. The van der Waals surface area contributed by atoms with Crippen LogP contribution in [-0.2, 0) is 28.6 Å². The number of carbonyl (C=O) groups is 3. The van der Waals surface area contributed by atoms with Crippen molar-refractivity contribution in [2.24, 2.45) is 0 Å². The Balaban J connectivity index is 4.37. The van der Waals surface area contributed by atoms with Crippen LogP contribution in [-0.4, -0.2) is 37.2 Å². The molecule has 0 N–H and O–H groups in total. The normalized spacial score (nSPS) is 12.5. The molecule has 0 spiro atoms. The van der Waals surface area contributed by atoms with Crippen molar-refractivity contribution in [1.82, 2.24) is 0 Å². The highest BCUT2D eigenvalue weighted by molar-refractivity contribution is 5.71. The monoisotopic (exact) mass is 881 g/mol. The molecule has 0 saturated heterocycles. The predicted molar refractivity (Wildman–Crippen MR) is 270 cm³/mol. The van der Waals surface area contributed by atoms with Gasteiger partial charge in [-0.3, -0.25) is 14.4 Å². The SMILES string of the molecule is CC/C=C\C/C=C\C/C=C\C/C=C\CCCCCCCCC(=O)OCC(COC(=O)CCCCCCC/C=C\CCCCC)OC(=O)CCCCCCCCCCCCCCCC. The third kappa shape index (κ3) is 50.0. The van der Waals surface area contributed by atoms with Crippen molar-refractivity contribution in [3.05, 3.63) is 60.8 Å². The van der Waals surface area contributed by atoms with E-state index in [4.69, 9.17) is 14.2 Å². The topological polar surface area (TPSA) is 78.9 Å². The zero-order valence-electron chi connectivity index (χ0n) is 41.6. The summed E-state index contributed by atoms with van der Waals surface area (Å²) in [7, 11) is 0. The molecule has 0 saturated carbocycles. The van der Waals surface area contributed by atoms with E-state index in [-0.39, 0.29) is 31.1 Å². The smallest absolute Gasteiger partial charge is 0.306 e. The predicted octanol–water partition coefficient (Wildman–Crippen LogP) is 17.6. The maximum Gasteiger partial charge on any atom is 0.306 e. The largest absolute Gasteiger partial charge is 0.462 e. The molecule has 6 heteroatoms. The van der Waals surface area contributed by atoms with Crippen molar-refractivity contribution in [1.29, 1.82) is 0 Å². The van der Waals surface area contributed by atoms with Gasteiger partial charge in [0.1, 0.15) is 13.2 Å². The zero-order chi connectivity index (χ0) is 45.8. The molecule has 0 aromatic carbocycles. The van der Waals surface area contributed by atoms with E-state index in [0.29, 0.717) is 19.3 Å². The van der Waals surface area contributed by atoms with Gasteiger partial charge in [-0.25, -0.2) is 0 Å². The molecule has 0 radical (unpaired) electrons. The number of unbranched alkanes of at least 4 members (excludes halogenated alkanes) is 27. The van der Waals surface area contributed by atoms with Gasteiger partial charge in [-0.1, -0.05) is 223 Å². The van der Waals surface area contributed by atoms with Crippen LogP contribution in [0.15, 0.2) is 60.8 Å². The van der Waals surface area contributed by atoms with Gasteiger partial charge < -0.3 is 14.2 Å². The van der Waals surface area contributed by atoms with Gasteiger partial charge in [-0.2, -0.15) is 0 Å². The molecule has 0 aliphatic rings. The summed E-state index contributed by atoms with van der Waals surface area (Å²) in [5, 5.41) is 0. The number of esters is 3. The second kappa shape index (κ2) is 51.7. The average Bonchev–Trinajstić information content (AvgIpc) is 3.28. The van der Waals surface area contributed by atoms with Gasteiger partial charge in [0.15, 0.2) is 6.10 Å². The Morgan fingerprint density at radius 3 is 1.02 bits per heavy atom. The fraction of sp³-hybridized carbons (Fsp3) is 0.772. The molecule has 1 unspecified atom stereocenters. The Morgan fingerprint density at radius 2 is 0.619 bits per heavy atom. The number of hydrogen-bond donors (Lipinski definition) is 0. The van der Waals surface area contributed by atoms with Gasteiger partial charge in [0.2, 0.25) is 0 Å². The van der Waals surface area contributed by atoms with Crippen LogP contribution in [0, 0.1) is 0 Å². The van der Waals surface area contributed by atoms with E-state index < -0.39 is 6.10 Å². The maximum absolute atomic E-state index is 12.8. The van der Waals surface area contributed by atoms with Crippen molar-refractivity contribution in [2.75, 3.05) is 13.2 Å². The van der Waals surface area contributed by atoms with Gasteiger partial charge >= 0.3 is 17.9 Å². The lowest BCUT2D eigenvalue weighted by Crippen LogP contribution is -2.30. The van der Waals surface area contributed by atoms with E-state index in [1.807, 2.05) is 0 Å². The minimum absolute atomic E-state index is 0.0813. The molecule has 0 amide bonds. The van der Waals surface area contributed by atoms with Crippen LogP contribution in [0.25, 0.3) is 0 Å².